The number of imide groups is 1. The van der Waals surface area contributed by atoms with Crippen LogP contribution < -0.4 is 10.6 Å². The van der Waals surface area contributed by atoms with Crippen molar-refractivity contribution in [2.45, 2.75) is 70.4 Å². The van der Waals surface area contributed by atoms with Crippen molar-refractivity contribution in [2.24, 2.45) is 7.05 Å². The molecule has 6 aromatic rings. The molecule has 3 aromatic heterocycles. The van der Waals surface area contributed by atoms with Crippen LogP contribution in [0.5, 0.6) is 0 Å². The fourth-order valence-corrected chi connectivity index (χ4v) is 8.08. The largest absolute Gasteiger partial charge is 0.361 e. The molecule has 3 aromatic carbocycles. The Morgan fingerprint density at radius 3 is 2.48 bits per heavy atom. The third kappa shape index (κ3) is 7.09. The van der Waals surface area contributed by atoms with Gasteiger partial charge in [-0.05, 0) is 88.0 Å². The van der Waals surface area contributed by atoms with Crippen molar-refractivity contribution in [1.29, 1.82) is 0 Å². The number of aromatic nitrogens is 5. The number of pyridine rings is 1. The Hall–Kier alpha value is -5.76. The van der Waals surface area contributed by atoms with E-state index in [0.29, 0.717) is 70.1 Å². The average molecular weight is 765 g/mol. The summed E-state index contributed by atoms with van der Waals surface area (Å²) < 4.78 is 58.9. The maximum atomic E-state index is 15.3. The van der Waals surface area contributed by atoms with Crippen LogP contribution in [0.25, 0.3) is 32.9 Å². The van der Waals surface area contributed by atoms with Crippen LogP contribution in [0.15, 0.2) is 66.9 Å². The summed E-state index contributed by atoms with van der Waals surface area (Å²) in [6.45, 7) is 5.44. The number of likely N-dealkylation sites (tertiary alicyclic amines) is 1. The number of amides is 2. The first kappa shape index (κ1) is 37.2. The summed E-state index contributed by atoms with van der Waals surface area (Å²) in [6.07, 6.45) is 1.25. The number of rotatable bonds is 9. The van der Waals surface area contributed by atoms with Crippen molar-refractivity contribution in [2.75, 3.05) is 18.4 Å². The second-order valence-electron chi connectivity index (χ2n) is 14.8. The summed E-state index contributed by atoms with van der Waals surface area (Å²) in [5, 5.41) is 21.1. The molecule has 0 saturated carbocycles. The Morgan fingerprint density at radius 1 is 0.929 bits per heavy atom. The number of nitrogens with zero attached hydrogens (tertiary/aromatic N) is 6. The third-order valence-electron chi connectivity index (χ3n) is 11.2. The number of fused-ring (bicyclic) bond motifs is 2. The van der Waals surface area contributed by atoms with Gasteiger partial charge < -0.3 is 5.32 Å². The molecule has 8 rings (SSSR count). The molecule has 0 bridgehead atoms. The van der Waals surface area contributed by atoms with Gasteiger partial charge in [0.05, 0.1) is 40.1 Å². The van der Waals surface area contributed by atoms with Crippen molar-refractivity contribution in [3.05, 3.63) is 112 Å². The zero-order valence-corrected chi connectivity index (χ0v) is 31.1. The van der Waals surface area contributed by atoms with Crippen molar-refractivity contribution in [3.8, 4) is 11.3 Å². The summed E-state index contributed by atoms with van der Waals surface area (Å²) >= 11 is 0. The van der Waals surface area contributed by atoms with Gasteiger partial charge in [-0.15, -0.1) is 5.10 Å². The Morgan fingerprint density at radius 2 is 1.71 bits per heavy atom. The van der Waals surface area contributed by atoms with E-state index < -0.39 is 29.8 Å². The minimum atomic E-state index is -2.94. The van der Waals surface area contributed by atoms with Gasteiger partial charge in [-0.1, -0.05) is 30.3 Å². The highest BCUT2D eigenvalue weighted by Gasteiger charge is 2.32. The number of carbonyl (C=O) groups is 2. The van der Waals surface area contributed by atoms with Gasteiger partial charge in [0.15, 0.2) is 5.82 Å². The summed E-state index contributed by atoms with van der Waals surface area (Å²) in [6, 6.07) is 16.3. The summed E-state index contributed by atoms with van der Waals surface area (Å²) in [5.41, 5.74) is 4.72. The standard InChI is InChI=1S/C42H40F4N8O2/c1-22(28-5-4-6-30(38(28)44)40(45)46)48-41-32-19-35(47-20-33(32)23(2)50-51-41)26-8-11-34(43)27(17-26)21-54-15-13-24(14-16-54)25-7-9-29-36(18-25)53(3)52-39(29)31-10-12-37(55)49-42(31)56/h4-9,11,17-20,22,24,31,40H,10,12-16,21H2,1-3H3,(H,48,51)(H,49,55,56). The minimum absolute atomic E-state index is 0.0786. The molecule has 2 atom stereocenters. The number of piperidine rings is 2. The first-order chi connectivity index (χ1) is 26.9. The molecule has 2 saturated heterocycles. The van der Waals surface area contributed by atoms with E-state index in [4.69, 9.17) is 0 Å². The predicted octanol–water partition coefficient (Wildman–Crippen LogP) is 8.18. The highest BCUT2D eigenvalue weighted by Crippen LogP contribution is 2.36. The molecule has 0 spiro atoms. The van der Waals surface area contributed by atoms with E-state index >= 15 is 4.39 Å². The smallest absolute Gasteiger partial charge is 0.266 e. The van der Waals surface area contributed by atoms with Crippen LogP contribution in [0.4, 0.5) is 23.4 Å². The molecule has 2 unspecified atom stereocenters. The van der Waals surface area contributed by atoms with Gasteiger partial charge in [0, 0.05) is 59.1 Å². The number of anilines is 1. The highest BCUT2D eigenvalue weighted by molar-refractivity contribution is 6.02. The fraction of sp³-hybridized carbons (Fsp3) is 0.333. The molecule has 2 N–H and O–H groups in total. The summed E-state index contributed by atoms with van der Waals surface area (Å²) in [4.78, 5) is 31.2. The maximum Gasteiger partial charge on any atom is 0.266 e. The predicted molar refractivity (Wildman–Crippen MR) is 204 cm³/mol. The Labute approximate surface area is 320 Å². The molecular formula is C42H40F4N8O2. The summed E-state index contributed by atoms with van der Waals surface area (Å²) in [5.74, 6) is -1.64. The lowest BCUT2D eigenvalue weighted by molar-refractivity contribution is -0.134. The van der Waals surface area contributed by atoms with Gasteiger partial charge in [-0.3, -0.25) is 29.5 Å². The molecule has 14 heteroatoms. The second-order valence-corrected chi connectivity index (χ2v) is 14.8. The van der Waals surface area contributed by atoms with E-state index in [0.717, 1.165) is 42.9 Å². The first-order valence-electron chi connectivity index (χ1n) is 18.7. The third-order valence-corrected chi connectivity index (χ3v) is 11.2. The number of hydrogen-bond donors (Lipinski definition) is 2. The molecule has 0 aliphatic carbocycles. The molecule has 2 aliphatic heterocycles. The molecular weight excluding hydrogens is 725 g/mol. The Bertz CT molecular complexity index is 2500. The van der Waals surface area contributed by atoms with Crippen LogP contribution in [0.2, 0.25) is 0 Å². The molecule has 56 heavy (non-hydrogen) atoms. The van der Waals surface area contributed by atoms with Crippen molar-refractivity contribution >= 4 is 39.3 Å². The van der Waals surface area contributed by atoms with Gasteiger partial charge in [0.1, 0.15) is 11.6 Å². The minimum Gasteiger partial charge on any atom is -0.361 e. The van der Waals surface area contributed by atoms with E-state index in [1.165, 1.54) is 23.8 Å². The number of halogens is 4. The zero-order valence-electron chi connectivity index (χ0n) is 31.1. The molecule has 2 aliphatic rings. The number of benzene rings is 3. The maximum absolute atomic E-state index is 15.3. The number of alkyl halides is 2. The molecule has 2 amide bonds. The fourth-order valence-electron chi connectivity index (χ4n) is 8.08. The highest BCUT2D eigenvalue weighted by atomic mass is 19.3. The van der Waals surface area contributed by atoms with Crippen molar-refractivity contribution in [3.63, 3.8) is 0 Å². The second kappa shape index (κ2) is 15.1. The lowest BCUT2D eigenvalue weighted by Crippen LogP contribution is -2.39. The first-order valence-corrected chi connectivity index (χ1v) is 18.7. The van der Waals surface area contributed by atoms with Crippen LogP contribution in [-0.2, 0) is 23.2 Å². The van der Waals surface area contributed by atoms with E-state index in [-0.39, 0.29) is 23.2 Å². The molecule has 2 fully saturated rings. The molecule has 5 heterocycles. The number of hydrogen-bond acceptors (Lipinski definition) is 8. The SMILES string of the molecule is Cc1nnc(NC(C)c2cccc(C(F)F)c2F)c2cc(-c3ccc(F)c(CN4CCC(c5ccc6c(C7CCC(=O)NC7=O)nn(C)c6c5)CC4)c3)ncc12. The van der Waals surface area contributed by atoms with Gasteiger partial charge >= 0.3 is 0 Å². The van der Waals surface area contributed by atoms with Gasteiger partial charge in [-0.2, -0.15) is 10.2 Å². The van der Waals surface area contributed by atoms with Crippen LogP contribution in [-0.4, -0.2) is 54.8 Å². The average Bonchev–Trinajstić information content (AvgIpc) is 3.51. The lowest BCUT2D eigenvalue weighted by Gasteiger charge is -2.32. The lowest BCUT2D eigenvalue weighted by atomic mass is 9.87. The summed E-state index contributed by atoms with van der Waals surface area (Å²) in [7, 11) is 1.87. The normalized spacial score (nSPS) is 17.5. The topological polar surface area (TPSA) is 118 Å². The van der Waals surface area contributed by atoms with Crippen LogP contribution in [0, 0.1) is 18.6 Å². The van der Waals surface area contributed by atoms with Crippen molar-refractivity contribution < 1.29 is 27.2 Å². The van der Waals surface area contributed by atoms with Crippen LogP contribution in [0.1, 0.15) is 90.6 Å². The Kier molecular flexibility index (Phi) is 10.00. The van der Waals surface area contributed by atoms with Gasteiger partial charge in [0.25, 0.3) is 6.43 Å². The molecule has 10 nitrogen and oxygen atoms in total. The zero-order chi connectivity index (χ0) is 39.2. The van der Waals surface area contributed by atoms with Gasteiger partial charge in [-0.25, -0.2) is 17.6 Å². The van der Waals surface area contributed by atoms with Crippen molar-refractivity contribution in [1.82, 2.24) is 35.2 Å². The van der Waals surface area contributed by atoms with Crippen LogP contribution >= 0.6 is 0 Å². The number of aryl methyl sites for hydroxylation is 2. The quantitative estimate of drug-likeness (QED) is 0.112. The van der Waals surface area contributed by atoms with E-state index in [2.05, 4.69) is 47.9 Å². The number of carbonyl (C=O) groups excluding carboxylic acids is 2. The number of nitrogens with one attached hydrogen (secondary N) is 2. The van der Waals surface area contributed by atoms with E-state index in [1.54, 1.807) is 30.8 Å². The van der Waals surface area contributed by atoms with Crippen LogP contribution in [0.3, 0.4) is 0 Å². The van der Waals surface area contributed by atoms with E-state index in [9.17, 15) is 22.8 Å². The molecule has 288 valence electrons. The monoisotopic (exact) mass is 764 g/mol. The Balaban J connectivity index is 0.973. The molecule has 0 radical (unpaired) electrons. The van der Waals surface area contributed by atoms with Gasteiger partial charge in [0.2, 0.25) is 11.8 Å². The van der Waals surface area contributed by atoms with E-state index in [1.807, 2.05) is 25.2 Å².